The number of sulfonamides is 1. The molecule has 1 atom stereocenters. The lowest BCUT2D eigenvalue weighted by Gasteiger charge is -2.14. The van der Waals surface area contributed by atoms with Crippen molar-refractivity contribution >= 4 is 27.7 Å². The van der Waals surface area contributed by atoms with Gasteiger partial charge in [-0.15, -0.1) is 0 Å². The van der Waals surface area contributed by atoms with Gasteiger partial charge in [0.15, 0.2) is 0 Å². The van der Waals surface area contributed by atoms with Gasteiger partial charge in [-0.1, -0.05) is 50.2 Å². The molecular formula is C22H28N2O3S. The molecule has 6 heteroatoms. The first-order valence-corrected chi connectivity index (χ1v) is 11.2. The summed E-state index contributed by atoms with van der Waals surface area (Å²) in [7, 11) is -3.30. The second-order valence-electron chi connectivity index (χ2n) is 7.40. The van der Waals surface area contributed by atoms with E-state index in [0.717, 1.165) is 23.8 Å². The van der Waals surface area contributed by atoms with Gasteiger partial charge in [-0.25, -0.2) is 8.42 Å². The van der Waals surface area contributed by atoms with Crippen LogP contribution in [0.15, 0.2) is 54.6 Å². The summed E-state index contributed by atoms with van der Waals surface area (Å²) in [4.78, 5) is 12.2. The fourth-order valence-corrected chi connectivity index (χ4v) is 3.37. The third-order valence-electron chi connectivity index (χ3n) is 4.12. The summed E-state index contributed by atoms with van der Waals surface area (Å²) in [5.41, 5.74) is 3.65. The number of amides is 1. The van der Waals surface area contributed by atoms with Gasteiger partial charge in [0.1, 0.15) is 0 Å². The molecule has 0 fully saturated rings. The second-order valence-corrected chi connectivity index (χ2v) is 9.15. The van der Waals surface area contributed by atoms with E-state index in [1.165, 1.54) is 11.6 Å². The van der Waals surface area contributed by atoms with Crippen LogP contribution < -0.4 is 10.0 Å². The van der Waals surface area contributed by atoms with Gasteiger partial charge in [0.25, 0.3) is 0 Å². The molecule has 1 amide bonds. The number of rotatable bonds is 8. The average Bonchev–Trinajstić information content (AvgIpc) is 2.60. The molecule has 2 aromatic carbocycles. The molecule has 0 bridgehead atoms. The monoisotopic (exact) mass is 400 g/mol. The van der Waals surface area contributed by atoms with Crippen LogP contribution in [0.5, 0.6) is 0 Å². The SMILES string of the molecule is CC(C)Cc1ccc(C(C)NC(=O)/C=C/c2ccc(NS(C)(=O)=O)cc2)cc1. The summed E-state index contributed by atoms with van der Waals surface area (Å²) in [6.45, 7) is 6.34. The molecule has 2 rings (SSSR count). The number of benzene rings is 2. The average molecular weight is 401 g/mol. The Morgan fingerprint density at radius 3 is 2.14 bits per heavy atom. The Hall–Kier alpha value is -2.60. The second kappa shape index (κ2) is 9.55. The van der Waals surface area contributed by atoms with Crippen molar-refractivity contribution < 1.29 is 13.2 Å². The predicted molar refractivity (Wildman–Crippen MR) is 115 cm³/mol. The Kier molecular flexibility index (Phi) is 7.40. The van der Waals surface area contributed by atoms with Gasteiger partial charge in [-0.3, -0.25) is 9.52 Å². The number of carbonyl (C=O) groups is 1. The third kappa shape index (κ3) is 7.56. The van der Waals surface area contributed by atoms with Gasteiger partial charge in [-0.2, -0.15) is 0 Å². The Morgan fingerprint density at radius 2 is 1.61 bits per heavy atom. The summed E-state index contributed by atoms with van der Waals surface area (Å²) >= 11 is 0. The lowest BCUT2D eigenvalue weighted by atomic mass is 10.00. The van der Waals surface area contributed by atoms with Crippen molar-refractivity contribution in [2.24, 2.45) is 5.92 Å². The van der Waals surface area contributed by atoms with Gasteiger partial charge in [0.2, 0.25) is 15.9 Å². The predicted octanol–water partition coefficient (Wildman–Crippen LogP) is 4.15. The standard InChI is InChI=1S/C22H28N2O3S/c1-16(2)15-19-5-10-20(11-6-19)17(3)23-22(25)14-9-18-7-12-21(13-8-18)24-28(4,26)27/h5-14,16-17,24H,15H2,1-4H3,(H,23,25)/b14-9+. The number of hydrogen-bond acceptors (Lipinski definition) is 3. The first-order chi connectivity index (χ1) is 13.1. The highest BCUT2D eigenvalue weighted by molar-refractivity contribution is 7.92. The van der Waals surface area contributed by atoms with E-state index in [2.05, 4.69) is 48.2 Å². The fraction of sp³-hybridized carbons (Fsp3) is 0.318. The molecule has 0 saturated heterocycles. The van der Waals surface area contributed by atoms with Crippen LogP contribution in [-0.4, -0.2) is 20.6 Å². The van der Waals surface area contributed by atoms with Crippen LogP contribution >= 0.6 is 0 Å². The molecule has 1 unspecified atom stereocenters. The Labute approximate surface area is 167 Å². The third-order valence-corrected chi connectivity index (χ3v) is 4.73. The zero-order valence-corrected chi connectivity index (χ0v) is 17.6. The quantitative estimate of drug-likeness (QED) is 0.654. The minimum atomic E-state index is -3.30. The highest BCUT2D eigenvalue weighted by atomic mass is 32.2. The molecule has 0 spiro atoms. The van der Waals surface area contributed by atoms with E-state index in [4.69, 9.17) is 0 Å². The molecule has 2 N–H and O–H groups in total. The highest BCUT2D eigenvalue weighted by Crippen LogP contribution is 2.16. The van der Waals surface area contributed by atoms with Crippen LogP contribution in [0, 0.1) is 5.92 Å². The number of carbonyl (C=O) groups excluding carboxylic acids is 1. The van der Waals surface area contributed by atoms with Crippen molar-refractivity contribution in [3.8, 4) is 0 Å². The molecule has 0 heterocycles. The van der Waals surface area contributed by atoms with Gasteiger partial charge < -0.3 is 5.32 Å². The molecule has 0 aliphatic rings. The first kappa shape index (κ1) is 21.7. The van der Waals surface area contributed by atoms with E-state index in [1.807, 2.05) is 6.92 Å². The maximum atomic E-state index is 12.2. The van der Waals surface area contributed by atoms with E-state index in [1.54, 1.807) is 30.3 Å². The summed E-state index contributed by atoms with van der Waals surface area (Å²) < 4.78 is 24.8. The van der Waals surface area contributed by atoms with Crippen LogP contribution in [0.3, 0.4) is 0 Å². The largest absolute Gasteiger partial charge is 0.346 e. The lowest BCUT2D eigenvalue weighted by molar-refractivity contribution is -0.117. The van der Waals surface area contributed by atoms with Crippen molar-refractivity contribution in [3.05, 3.63) is 71.3 Å². The van der Waals surface area contributed by atoms with Crippen molar-refractivity contribution in [1.82, 2.24) is 5.32 Å². The summed E-state index contributed by atoms with van der Waals surface area (Å²) in [6, 6.07) is 15.0. The molecule has 0 saturated carbocycles. The molecule has 0 aromatic heterocycles. The molecule has 150 valence electrons. The molecular weight excluding hydrogens is 372 g/mol. The number of hydrogen-bond donors (Lipinski definition) is 2. The zero-order chi connectivity index (χ0) is 20.7. The van der Waals surface area contributed by atoms with Gasteiger partial charge >= 0.3 is 0 Å². The van der Waals surface area contributed by atoms with E-state index in [-0.39, 0.29) is 11.9 Å². The topological polar surface area (TPSA) is 75.3 Å². The van der Waals surface area contributed by atoms with Crippen molar-refractivity contribution in [2.45, 2.75) is 33.2 Å². The van der Waals surface area contributed by atoms with E-state index in [0.29, 0.717) is 11.6 Å². The molecule has 0 aliphatic carbocycles. The van der Waals surface area contributed by atoms with Crippen molar-refractivity contribution in [3.63, 3.8) is 0 Å². The summed E-state index contributed by atoms with van der Waals surface area (Å²) in [5, 5.41) is 2.95. The zero-order valence-electron chi connectivity index (χ0n) is 16.8. The molecule has 0 radical (unpaired) electrons. The van der Waals surface area contributed by atoms with Crippen molar-refractivity contribution in [2.75, 3.05) is 11.0 Å². The molecule has 28 heavy (non-hydrogen) atoms. The van der Waals surface area contributed by atoms with Gasteiger partial charge in [0.05, 0.1) is 12.3 Å². The summed E-state index contributed by atoms with van der Waals surface area (Å²) in [5.74, 6) is 0.432. The van der Waals surface area contributed by atoms with E-state index < -0.39 is 10.0 Å². The highest BCUT2D eigenvalue weighted by Gasteiger charge is 2.08. The van der Waals surface area contributed by atoms with E-state index in [9.17, 15) is 13.2 Å². The Bertz CT molecular complexity index is 915. The normalized spacial score (nSPS) is 12.9. The number of nitrogens with one attached hydrogen (secondary N) is 2. The molecule has 5 nitrogen and oxygen atoms in total. The smallest absolute Gasteiger partial charge is 0.244 e. The Balaban J connectivity index is 1.91. The van der Waals surface area contributed by atoms with Crippen LogP contribution in [0.1, 0.15) is 43.5 Å². The minimum Gasteiger partial charge on any atom is -0.346 e. The Morgan fingerprint density at radius 1 is 1.00 bits per heavy atom. The lowest BCUT2D eigenvalue weighted by Crippen LogP contribution is -2.24. The number of anilines is 1. The van der Waals surface area contributed by atoms with Crippen LogP contribution in [0.4, 0.5) is 5.69 Å². The molecule has 0 aliphatic heterocycles. The maximum Gasteiger partial charge on any atom is 0.244 e. The maximum absolute atomic E-state index is 12.2. The first-order valence-electron chi connectivity index (χ1n) is 9.27. The van der Waals surface area contributed by atoms with Crippen LogP contribution in [-0.2, 0) is 21.2 Å². The van der Waals surface area contributed by atoms with Crippen molar-refractivity contribution in [1.29, 1.82) is 0 Å². The van der Waals surface area contributed by atoms with Gasteiger partial charge in [0, 0.05) is 11.8 Å². The van der Waals surface area contributed by atoms with E-state index >= 15 is 0 Å². The summed E-state index contributed by atoms with van der Waals surface area (Å²) in [6.07, 6.45) is 5.31. The van der Waals surface area contributed by atoms with Crippen LogP contribution in [0.25, 0.3) is 6.08 Å². The fourth-order valence-electron chi connectivity index (χ4n) is 2.81. The minimum absolute atomic E-state index is 0.0911. The van der Waals surface area contributed by atoms with Gasteiger partial charge in [-0.05, 0) is 54.2 Å². The molecule has 2 aromatic rings. The van der Waals surface area contributed by atoms with Crippen LogP contribution in [0.2, 0.25) is 0 Å².